The number of phenols is 1. The molecular formula is C26H29N3O2. The summed E-state index contributed by atoms with van der Waals surface area (Å²) in [6.45, 7) is 3.54. The molecule has 5 nitrogen and oxygen atoms in total. The molecule has 3 aromatic carbocycles. The zero-order chi connectivity index (χ0) is 21.5. The molecule has 3 aromatic rings. The normalized spacial score (nSPS) is 15.4. The van der Waals surface area contributed by atoms with Crippen LogP contribution in [0.5, 0.6) is 5.75 Å². The molecule has 31 heavy (non-hydrogen) atoms. The number of anilines is 1. The molecular weight excluding hydrogens is 386 g/mol. The number of hydrogen-bond acceptors (Lipinski definition) is 4. The number of piperazine rings is 1. The summed E-state index contributed by atoms with van der Waals surface area (Å²) < 4.78 is 0. The predicted octanol–water partition coefficient (Wildman–Crippen LogP) is 3.61. The minimum Gasteiger partial charge on any atom is -0.506 e. The maximum absolute atomic E-state index is 12.9. The van der Waals surface area contributed by atoms with Crippen LogP contribution in [0, 0.1) is 0 Å². The van der Waals surface area contributed by atoms with Crippen molar-refractivity contribution in [2.75, 3.05) is 37.6 Å². The highest BCUT2D eigenvalue weighted by Gasteiger charge is 2.22. The van der Waals surface area contributed by atoms with E-state index in [1.807, 2.05) is 54.6 Å². The zero-order valence-electron chi connectivity index (χ0n) is 17.7. The summed E-state index contributed by atoms with van der Waals surface area (Å²) in [5, 5.41) is 13.3. The van der Waals surface area contributed by atoms with Crippen molar-refractivity contribution >= 4 is 11.6 Å². The third-order valence-electron chi connectivity index (χ3n) is 5.78. The lowest BCUT2D eigenvalue weighted by Gasteiger charge is -2.36. The summed E-state index contributed by atoms with van der Waals surface area (Å²) in [6.07, 6.45) is 0.762. The van der Waals surface area contributed by atoms with Crippen LogP contribution in [0.3, 0.4) is 0 Å². The number of aromatic hydroxyl groups is 1. The third kappa shape index (κ3) is 5.64. The van der Waals surface area contributed by atoms with E-state index in [0.29, 0.717) is 12.3 Å². The van der Waals surface area contributed by atoms with Gasteiger partial charge in [0, 0.05) is 26.2 Å². The summed E-state index contributed by atoms with van der Waals surface area (Å²) >= 11 is 0. The Morgan fingerprint density at radius 3 is 2.13 bits per heavy atom. The number of nitrogens with zero attached hydrogens (tertiary/aromatic N) is 2. The average Bonchev–Trinajstić information content (AvgIpc) is 2.81. The first-order valence-electron chi connectivity index (χ1n) is 10.8. The fourth-order valence-corrected chi connectivity index (χ4v) is 4.11. The Morgan fingerprint density at radius 2 is 1.45 bits per heavy atom. The van der Waals surface area contributed by atoms with Gasteiger partial charge in [-0.25, -0.2) is 0 Å². The number of rotatable bonds is 7. The van der Waals surface area contributed by atoms with Crippen molar-refractivity contribution < 1.29 is 9.90 Å². The van der Waals surface area contributed by atoms with Gasteiger partial charge in [0.25, 0.3) is 0 Å². The summed E-state index contributed by atoms with van der Waals surface area (Å²) in [4.78, 5) is 17.2. The number of amides is 1. The Labute approximate surface area is 183 Å². The van der Waals surface area contributed by atoms with Gasteiger partial charge >= 0.3 is 0 Å². The van der Waals surface area contributed by atoms with Gasteiger partial charge in [-0.2, -0.15) is 0 Å². The number of hydrogen-bond donors (Lipinski definition) is 2. The van der Waals surface area contributed by atoms with Gasteiger partial charge < -0.3 is 15.3 Å². The Hall–Kier alpha value is -3.31. The number of carbonyl (C=O) groups excluding carboxylic acids is 1. The Bertz CT molecular complexity index is 970. The number of nitrogens with one attached hydrogen (secondary N) is 1. The molecule has 2 N–H and O–H groups in total. The van der Waals surface area contributed by atoms with Crippen molar-refractivity contribution in [3.05, 3.63) is 96.1 Å². The van der Waals surface area contributed by atoms with E-state index in [1.54, 1.807) is 6.07 Å². The molecule has 1 aliphatic heterocycles. The SMILES string of the molecule is O=C(CN1CCN(c2ccccc2O)CC1)N[C@H](Cc1ccccc1)c1ccccc1. The predicted molar refractivity (Wildman–Crippen MR) is 124 cm³/mol. The van der Waals surface area contributed by atoms with Gasteiger partial charge in [-0.15, -0.1) is 0 Å². The van der Waals surface area contributed by atoms with Gasteiger partial charge in [0.2, 0.25) is 5.91 Å². The standard InChI is InChI=1S/C26H29N3O2/c30-25-14-8-7-13-24(25)29-17-15-28(16-18-29)20-26(31)27-23(22-11-5-2-6-12-22)19-21-9-3-1-4-10-21/h1-14,23,30H,15-20H2,(H,27,31)/t23-/m1/s1. The monoisotopic (exact) mass is 415 g/mol. The topological polar surface area (TPSA) is 55.8 Å². The smallest absolute Gasteiger partial charge is 0.234 e. The van der Waals surface area contributed by atoms with Crippen LogP contribution in [0.4, 0.5) is 5.69 Å². The quantitative estimate of drug-likeness (QED) is 0.619. The molecule has 1 fully saturated rings. The largest absolute Gasteiger partial charge is 0.506 e. The summed E-state index contributed by atoms with van der Waals surface area (Å²) in [5.74, 6) is 0.348. The highest BCUT2D eigenvalue weighted by Crippen LogP contribution is 2.27. The molecule has 1 saturated heterocycles. The first-order chi connectivity index (χ1) is 15.2. The lowest BCUT2D eigenvalue weighted by molar-refractivity contribution is -0.123. The fraction of sp³-hybridized carbons (Fsp3) is 0.269. The van der Waals surface area contributed by atoms with Gasteiger partial charge in [-0.05, 0) is 29.7 Å². The molecule has 0 aromatic heterocycles. The second kappa shape index (κ2) is 10.1. The molecule has 0 saturated carbocycles. The second-order valence-electron chi connectivity index (χ2n) is 7.97. The molecule has 0 spiro atoms. The lowest BCUT2D eigenvalue weighted by Crippen LogP contribution is -2.50. The van der Waals surface area contributed by atoms with Gasteiger partial charge in [-0.1, -0.05) is 72.8 Å². The first-order valence-corrected chi connectivity index (χ1v) is 10.8. The molecule has 0 bridgehead atoms. The van der Waals surface area contributed by atoms with Crippen molar-refractivity contribution in [3.63, 3.8) is 0 Å². The molecule has 0 radical (unpaired) electrons. The van der Waals surface area contributed by atoms with E-state index in [4.69, 9.17) is 0 Å². The molecule has 1 atom stereocenters. The van der Waals surface area contributed by atoms with Crippen LogP contribution < -0.4 is 10.2 Å². The van der Waals surface area contributed by atoms with E-state index in [1.165, 1.54) is 5.56 Å². The fourth-order valence-electron chi connectivity index (χ4n) is 4.11. The van der Waals surface area contributed by atoms with Gasteiger partial charge in [0.05, 0.1) is 18.3 Å². The van der Waals surface area contributed by atoms with Crippen molar-refractivity contribution in [1.29, 1.82) is 0 Å². The van der Waals surface area contributed by atoms with E-state index >= 15 is 0 Å². The molecule has 160 valence electrons. The van der Waals surface area contributed by atoms with E-state index in [-0.39, 0.29) is 11.9 Å². The summed E-state index contributed by atoms with van der Waals surface area (Å²) in [7, 11) is 0. The molecule has 1 heterocycles. The number of benzene rings is 3. The van der Waals surface area contributed by atoms with Crippen molar-refractivity contribution in [2.45, 2.75) is 12.5 Å². The average molecular weight is 416 g/mol. The van der Waals surface area contributed by atoms with Crippen LogP contribution in [-0.2, 0) is 11.2 Å². The lowest BCUT2D eigenvalue weighted by atomic mass is 9.99. The minimum atomic E-state index is -0.0568. The first kappa shape index (κ1) is 20.9. The van der Waals surface area contributed by atoms with Crippen molar-refractivity contribution in [2.24, 2.45) is 0 Å². The maximum atomic E-state index is 12.9. The Balaban J connectivity index is 1.34. The Morgan fingerprint density at radius 1 is 0.839 bits per heavy atom. The number of carbonyl (C=O) groups is 1. The summed E-state index contributed by atoms with van der Waals surface area (Å²) in [6, 6.07) is 27.8. The van der Waals surface area contributed by atoms with Crippen LogP contribution in [0.2, 0.25) is 0 Å². The third-order valence-corrected chi connectivity index (χ3v) is 5.78. The van der Waals surface area contributed by atoms with Crippen LogP contribution in [-0.4, -0.2) is 48.6 Å². The van der Waals surface area contributed by atoms with Crippen LogP contribution in [0.15, 0.2) is 84.9 Å². The van der Waals surface area contributed by atoms with Crippen molar-refractivity contribution in [1.82, 2.24) is 10.2 Å². The van der Waals surface area contributed by atoms with Crippen LogP contribution in [0.1, 0.15) is 17.2 Å². The highest BCUT2D eigenvalue weighted by atomic mass is 16.3. The zero-order valence-corrected chi connectivity index (χ0v) is 17.7. The van der Waals surface area contributed by atoms with Crippen LogP contribution in [0.25, 0.3) is 0 Å². The number of phenolic OH excluding ortho intramolecular Hbond substituents is 1. The van der Waals surface area contributed by atoms with Crippen LogP contribution >= 0.6 is 0 Å². The van der Waals surface area contributed by atoms with E-state index in [0.717, 1.165) is 43.9 Å². The maximum Gasteiger partial charge on any atom is 0.234 e. The van der Waals surface area contributed by atoms with E-state index in [9.17, 15) is 9.90 Å². The van der Waals surface area contributed by atoms with Gasteiger partial charge in [0.1, 0.15) is 5.75 Å². The Kier molecular flexibility index (Phi) is 6.85. The van der Waals surface area contributed by atoms with E-state index < -0.39 is 0 Å². The number of para-hydroxylation sites is 2. The molecule has 0 aliphatic carbocycles. The van der Waals surface area contributed by atoms with Gasteiger partial charge in [0.15, 0.2) is 0 Å². The molecule has 0 unspecified atom stereocenters. The van der Waals surface area contributed by atoms with Gasteiger partial charge in [-0.3, -0.25) is 9.69 Å². The van der Waals surface area contributed by atoms with Crippen molar-refractivity contribution in [3.8, 4) is 5.75 Å². The second-order valence-corrected chi connectivity index (χ2v) is 7.97. The minimum absolute atomic E-state index is 0.0424. The highest BCUT2D eigenvalue weighted by molar-refractivity contribution is 5.78. The molecule has 5 heteroatoms. The van der Waals surface area contributed by atoms with E-state index in [2.05, 4.69) is 39.4 Å². The molecule has 1 aliphatic rings. The summed E-state index contributed by atoms with van der Waals surface area (Å²) in [5.41, 5.74) is 3.18. The molecule has 1 amide bonds. The molecule has 4 rings (SSSR count).